The van der Waals surface area contributed by atoms with Crippen LogP contribution >= 0.6 is 0 Å². The normalized spacial score (nSPS) is 14.6. The Morgan fingerprint density at radius 1 is 1.13 bits per heavy atom. The molecule has 0 aromatic carbocycles. The fourth-order valence-electron chi connectivity index (χ4n) is 1.74. The zero-order valence-corrected chi connectivity index (χ0v) is 11.6. The Balaban J connectivity index is 4.31. The standard InChI is InChI=1S/C13H30N2/c1-7-9-10-12(14-11-8-2)13(3,4)15(5)6/h12,14H,7-11H2,1-6H3. The second kappa shape index (κ2) is 7.24. The minimum absolute atomic E-state index is 0.240. The molecule has 0 rings (SSSR count). The predicted octanol–water partition coefficient (Wildman–Crippen LogP) is 2.89. The molecule has 0 heterocycles. The maximum atomic E-state index is 3.68. The van der Waals surface area contributed by atoms with E-state index in [0.29, 0.717) is 6.04 Å². The Labute approximate surface area is 96.4 Å². The van der Waals surface area contributed by atoms with E-state index in [4.69, 9.17) is 0 Å². The summed E-state index contributed by atoms with van der Waals surface area (Å²) in [5.74, 6) is 0. The lowest BCUT2D eigenvalue weighted by atomic mass is 9.89. The van der Waals surface area contributed by atoms with Crippen LogP contribution in [0.5, 0.6) is 0 Å². The van der Waals surface area contributed by atoms with Crippen LogP contribution in [0.2, 0.25) is 0 Å². The highest BCUT2D eigenvalue weighted by molar-refractivity contribution is 4.90. The summed E-state index contributed by atoms with van der Waals surface area (Å²) in [5.41, 5.74) is 0.240. The molecule has 0 aromatic rings. The highest BCUT2D eigenvalue weighted by Crippen LogP contribution is 2.20. The van der Waals surface area contributed by atoms with Gasteiger partial charge in [0.05, 0.1) is 0 Å². The monoisotopic (exact) mass is 214 g/mol. The summed E-state index contributed by atoms with van der Waals surface area (Å²) in [7, 11) is 4.35. The molecule has 1 N–H and O–H groups in total. The van der Waals surface area contributed by atoms with E-state index in [9.17, 15) is 0 Å². The first kappa shape index (κ1) is 14.9. The fourth-order valence-corrected chi connectivity index (χ4v) is 1.74. The number of likely N-dealkylation sites (N-methyl/N-ethyl adjacent to an activating group) is 1. The Hall–Kier alpha value is -0.0800. The lowest BCUT2D eigenvalue weighted by molar-refractivity contribution is 0.130. The van der Waals surface area contributed by atoms with E-state index in [-0.39, 0.29) is 5.54 Å². The molecule has 0 amide bonds. The van der Waals surface area contributed by atoms with Crippen LogP contribution in [0.4, 0.5) is 0 Å². The molecule has 0 saturated carbocycles. The maximum absolute atomic E-state index is 3.68. The highest BCUT2D eigenvalue weighted by atomic mass is 15.2. The molecule has 0 bridgehead atoms. The Morgan fingerprint density at radius 3 is 2.13 bits per heavy atom. The third-order valence-corrected chi connectivity index (χ3v) is 3.49. The van der Waals surface area contributed by atoms with Gasteiger partial charge in [-0.05, 0) is 47.3 Å². The first-order valence-electron chi connectivity index (χ1n) is 6.37. The van der Waals surface area contributed by atoms with Crippen LogP contribution in [-0.4, -0.2) is 37.1 Å². The van der Waals surface area contributed by atoms with Crippen molar-refractivity contribution in [2.24, 2.45) is 0 Å². The molecule has 92 valence electrons. The van der Waals surface area contributed by atoms with Crippen LogP contribution in [0.1, 0.15) is 53.4 Å². The third-order valence-electron chi connectivity index (χ3n) is 3.49. The Kier molecular flexibility index (Phi) is 7.20. The highest BCUT2D eigenvalue weighted by Gasteiger charge is 2.30. The first-order valence-corrected chi connectivity index (χ1v) is 6.37. The molecule has 0 aromatic heterocycles. The lowest BCUT2D eigenvalue weighted by Gasteiger charge is -2.41. The number of nitrogens with one attached hydrogen (secondary N) is 1. The summed E-state index contributed by atoms with van der Waals surface area (Å²) in [4.78, 5) is 2.33. The van der Waals surface area contributed by atoms with Crippen molar-refractivity contribution in [1.29, 1.82) is 0 Å². The molecule has 0 aliphatic carbocycles. The zero-order valence-electron chi connectivity index (χ0n) is 11.6. The molecule has 0 aliphatic heterocycles. The van der Waals surface area contributed by atoms with E-state index in [1.807, 2.05) is 0 Å². The van der Waals surface area contributed by atoms with Crippen molar-refractivity contribution in [2.45, 2.75) is 65.0 Å². The van der Waals surface area contributed by atoms with Gasteiger partial charge in [0.25, 0.3) is 0 Å². The molecule has 0 aliphatic rings. The topological polar surface area (TPSA) is 15.3 Å². The van der Waals surface area contributed by atoms with E-state index in [2.05, 4.69) is 52.0 Å². The molecule has 0 fully saturated rings. The van der Waals surface area contributed by atoms with Crippen LogP contribution in [0, 0.1) is 0 Å². The van der Waals surface area contributed by atoms with Crippen LogP contribution in [0.25, 0.3) is 0 Å². The van der Waals surface area contributed by atoms with E-state index in [1.54, 1.807) is 0 Å². The minimum Gasteiger partial charge on any atom is -0.312 e. The van der Waals surface area contributed by atoms with Gasteiger partial charge in [-0.3, -0.25) is 0 Å². The van der Waals surface area contributed by atoms with Gasteiger partial charge in [0.15, 0.2) is 0 Å². The maximum Gasteiger partial charge on any atom is 0.0300 e. The van der Waals surface area contributed by atoms with Crippen molar-refractivity contribution in [3.05, 3.63) is 0 Å². The van der Waals surface area contributed by atoms with Crippen molar-refractivity contribution in [2.75, 3.05) is 20.6 Å². The van der Waals surface area contributed by atoms with E-state index in [0.717, 1.165) is 6.54 Å². The molecule has 1 unspecified atom stereocenters. The number of rotatable bonds is 8. The van der Waals surface area contributed by atoms with Gasteiger partial charge in [0.1, 0.15) is 0 Å². The summed E-state index contributed by atoms with van der Waals surface area (Å²) in [6.45, 7) is 10.3. The van der Waals surface area contributed by atoms with E-state index >= 15 is 0 Å². The number of nitrogens with zero attached hydrogens (tertiary/aromatic N) is 1. The summed E-state index contributed by atoms with van der Waals surface area (Å²) in [6, 6.07) is 0.604. The Morgan fingerprint density at radius 2 is 1.73 bits per heavy atom. The van der Waals surface area contributed by atoms with Gasteiger partial charge < -0.3 is 10.2 Å². The molecule has 2 nitrogen and oxygen atoms in total. The van der Waals surface area contributed by atoms with Crippen molar-refractivity contribution in [1.82, 2.24) is 10.2 Å². The second-order valence-electron chi connectivity index (χ2n) is 5.20. The molecule has 1 atom stereocenters. The van der Waals surface area contributed by atoms with Gasteiger partial charge in [-0.2, -0.15) is 0 Å². The van der Waals surface area contributed by atoms with E-state index in [1.165, 1.54) is 25.7 Å². The van der Waals surface area contributed by atoms with Crippen LogP contribution in [-0.2, 0) is 0 Å². The summed E-state index contributed by atoms with van der Waals surface area (Å²) in [6.07, 6.45) is 5.10. The van der Waals surface area contributed by atoms with Gasteiger partial charge >= 0.3 is 0 Å². The van der Waals surface area contributed by atoms with E-state index < -0.39 is 0 Å². The number of unbranched alkanes of at least 4 members (excludes halogenated alkanes) is 1. The fraction of sp³-hybridized carbons (Fsp3) is 1.00. The van der Waals surface area contributed by atoms with Crippen LogP contribution in [0.15, 0.2) is 0 Å². The van der Waals surface area contributed by atoms with Crippen molar-refractivity contribution in [3.8, 4) is 0 Å². The van der Waals surface area contributed by atoms with Crippen molar-refractivity contribution in [3.63, 3.8) is 0 Å². The molecular weight excluding hydrogens is 184 g/mol. The Bertz CT molecular complexity index is 145. The van der Waals surface area contributed by atoms with Gasteiger partial charge in [-0.25, -0.2) is 0 Å². The van der Waals surface area contributed by atoms with Gasteiger partial charge in [-0.1, -0.05) is 26.7 Å². The van der Waals surface area contributed by atoms with Gasteiger partial charge in [0, 0.05) is 11.6 Å². The smallest absolute Gasteiger partial charge is 0.0300 e. The quantitative estimate of drug-likeness (QED) is 0.668. The zero-order chi connectivity index (χ0) is 11.9. The SMILES string of the molecule is CCCCC(NCCC)C(C)(C)N(C)C. The molecule has 0 saturated heterocycles. The first-order chi connectivity index (χ1) is 6.96. The van der Waals surface area contributed by atoms with Crippen LogP contribution < -0.4 is 5.32 Å². The van der Waals surface area contributed by atoms with Crippen molar-refractivity contribution < 1.29 is 0 Å². The molecule has 2 heteroatoms. The average Bonchev–Trinajstić information content (AvgIpc) is 2.17. The number of hydrogen-bond donors (Lipinski definition) is 1. The molecular formula is C13H30N2. The molecule has 0 spiro atoms. The molecule has 15 heavy (non-hydrogen) atoms. The largest absolute Gasteiger partial charge is 0.312 e. The summed E-state index contributed by atoms with van der Waals surface area (Å²) >= 11 is 0. The second-order valence-corrected chi connectivity index (χ2v) is 5.20. The minimum atomic E-state index is 0.240. The number of hydrogen-bond acceptors (Lipinski definition) is 2. The van der Waals surface area contributed by atoms with Crippen molar-refractivity contribution >= 4 is 0 Å². The van der Waals surface area contributed by atoms with Gasteiger partial charge in [-0.15, -0.1) is 0 Å². The van der Waals surface area contributed by atoms with Crippen LogP contribution in [0.3, 0.4) is 0 Å². The summed E-state index contributed by atoms with van der Waals surface area (Å²) < 4.78 is 0. The average molecular weight is 214 g/mol. The third kappa shape index (κ3) is 4.98. The summed E-state index contributed by atoms with van der Waals surface area (Å²) in [5, 5.41) is 3.68. The predicted molar refractivity (Wildman–Crippen MR) is 69.4 cm³/mol. The lowest BCUT2D eigenvalue weighted by Crippen LogP contribution is -2.55. The van der Waals surface area contributed by atoms with Gasteiger partial charge in [0.2, 0.25) is 0 Å². The molecule has 0 radical (unpaired) electrons.